The van der Waals surface area contributed by atoms with Crippen molar-refractivity contribution in [2.45, 2.75) is 26.9 Å². The van der Waals surface area contributed by atoms with Crippen LogP contribution in [0, 0.1) is 13.8 Å². The molecular formula is C17H19N7O. The molecule has 0 saturated heterocycles. The number of nitrogens with two attached hydrogens (primary N) is 1. The van der Waals surface area contributed by atoms with E-state index in [1.165, 1.54) is 0 Å². The fraction of sp³-hybridized carbons (Fsp3) is 0.235. The van der Waals surface area contributed by atoms with E-state index in [2.05, 4.69) is 25.6 Å². The Morgan fingerprint density at radius 1 is 1.24 bits per heavy atom. The Hall–Kier alpha value is -3.29. The highest BCUT2D eigenvalue weighted by Gasteiger charge is 2.12. The summed E-state index contributed by atoms with van der Waals surface area (Å²) in [6, 6.07) is 9.04. The number of nitrogens with one attached hydrogen (secondary N) is 1. The van der Waals surface area contributed by atoms with Gasteiger partial charge in [-0.15, -0.1) is 5.10 Å². The number of aromatic nitrogens is 5. The molecule has 0 radical (unpaired) electrons. The van der Waals surface area contributed by atoms with Gasteiger partial charge in [0, 0.05) is 17.3 Å². The molecule has 0 spiro atoms. The van der Waals surface area contributed by atoms with Gasteiger partial charge in [0.2, 0.25) is 0 Å². The highest BCUT2D eigenvalue weighted by atomic mass is 16.1. The van der Waals surface area contributed by atoms with Crippen molar-refractivity contribution >= 4 is 11.7 Å². The van der Waals surface area contributed by atoms with Gasteiger partial charge < -0.3 is 11.1 Å². The summed E-state index contributed by atoms with van der Waals surface area (Å²) >= 11 is 0. The minimum atomic E-state index is -0.147. The van der Waals surface area contributed by atoms with Gasteiger partial charge in [0.15, 0.2) is 0 Å². The van der Waals surface area contributed by atoms with Crippen molar-refractivity contribution in [1.29, 1.82) is 0 Å². The molecule has 8 nitrogen and oxygen atoms in total. The van der Waals surface area contributed by atoms with Crippen LogP contribution in [0.4, 0.5) is 5.82 Å². The monoisotopic (exact) mass is 337 g/mol. The normalized spacial score (nSPS) is 10.6. The Morgan fingerprint density at radius 3 is 2.72 bits per heavy atom. The number of hydrogen-bond acceptors (Lipinski definition) is 6. The summed E-state index contributed by atoms with van der Waals surface area (Å²) in [5.74, 6) is 0.910. The van der Waals surface area contributed by atoms with Gasteiger partial charge in [0.05, 0.1) is 18.8 Å². The van der Waals surface area contributed by atoms with E-state index in [4.69, 9.17) is 5.73 Å². The summed E-state index contributed by atoms with van der Waals surface area (Å²) in [4.78, 5) is 20.4. The van der Waals surface area contributed by atoms with Crippen molar-refractivity contribution in [3.05, 3.63) is 64.9 Å². The number of carbonyl (C=O) groups excluding carboxylic acids is 1. The molecule has 2 heterocycles. The molecule has 0 unspecified atom stereocenters. The quantitative estimate of drug-likeness (QED) is 0.724. The Morgan fingerprint density at radius 2 is 2.00 bits per heavy atom. The van der Waals surface area contributed by atoms with Crippen LogP contribution in [0.1, 0.15) is 33.1 Å². The topological polar surface area (TPSA) is 112 Å². The van der Waals surface area contributed by atoms with Crippen LogP contribution < -0.4 is 11.1 Å². The number of nitrogens with zero attached hydrogens (tertiary/aromatic N) is 5. The number of nitrogen functional groups attached to an aromatic ring is 1. The van der Waals surface area contributed by atoms with Crippen LogP contribution in [0.3, 0.4) is 0 Å². The molecule has 0 saturated carbocycles. The van der Waals surface area contributed by atoms with E-state index in [0.29, 0.717) is 36.0 Å². The SMILES string of the molecule is Cc1ncc(Cn2nnc(CNC(=O)c3ccccc3)c2C)c(N)n1. The van der Waals surface area contributed by atoms with Crippen LogP contribution in [0.5, 0.6) is 0 Å². The average molecular weight is 337 g/mol. The zero-order valence-electron chi connectivity index (χ0n) is 14.1. The Balaban J connectivity index is 1.68. The summed E-state index contributed by atoms with van der Waals surface area (Å²) in [6.45, 7) is 4.42. The predicted molar refractivity (Wildman–Crippen MR) is 92.7 cm³/mol. The Kier molecular flexibility index (Phi) is 4.69. The van der Waals surface area contributed by atoms with E-state index in [1.54, 1.807) is 29.9 Å². The fourth-order valence-electron chi connectivity index (χ4n) is 2.36. The van der Waals surface area contributed by atoms with E-state index in [9.17, 15) is 4.79 Å². The lowest BCUT2D eigenvalue weighted by atomic mass is 10.2. The molecule has 3 N–H and O–H groups in total. The van der Waals surface area contributed by atoms with E-state index in [-0.39, 0.29) is 5.91 Å². The van der Waals surface area contributed by atoms with Gasteiger partial charge in [-0.2, -0.15) is 0 Å². The van der Waals surface area contributed by atoms with Crippen molar-refractivity contribution in [3.8, 4) is 0 Å². The number of benzene rings is 1. The Labute approximate surface area is 145 Å². The molecule has 8 heteroatoms. The minimum absolute atomic E-state index is 0.147. The van der Waals surface area contributed by atoms with Crippen molar-refractivity contribution in [3.63, 3.8) is 0 Å². The summed E-state index contributed by atoms with van der Waals surface area (Å²) in [7, 11) is 0. The molecule has 0 bridgehead atoms. The van der Waals surface area contributed by atoms with Gasteiger partial charge in [0.1, 0.15) is 17.3 Å². The Bertz CT molecular complexity index is 889. The van der Waals surface area contributed by atoms with Crippen LogP contribution in [-0.4, -0.2) is 30.9 Å². The number of aryl methyl sites for hydroxylation is 1. The molecule has 25 heavy (non-hydrogen) atoms. The summed E-state index contributed by atoms with van der Waals surface area (Å²) in [5.41, 5.74) is 8.86. The first kappa shape index (κ1) is 16.6. The van der Waals surface area contributed by atoms with Gasteiger partial charge in [-0.1, -0.05) is 23.4 Å². The number of anilines is 1. The van der Waals surface area contributed by atoms with Gasteiger partial charge in [0.25, 0.3) is 5.91 Å². The molecule has 3 rings (SSSR count). The largest absolute Gasteiger partial charge is 0.383 e. The van der Waals surface area contributed by atoms with Crippen molar-refractivity contribution < 1.29 is 4.79 Å². The van der Waals surface area contributed by atoms with E-state index in [0.717, 1.165) is 11.3 Å². The van der Waals surface area contributed by atoms with Gasteiger partial charge in [-0.25, -0.2) is 14.6 Å². The highest BCUT2D eigenvalue weighted by molar-refractivity contribution is 5.94. The molecule has 0 aliphatic heterocycles. The molecule has 1 amide bonds. The molecule has 0 atom stereocenters. The predicted octanol–water partition coefficient (Wildman–Crippen LogP) is 1.25. The third-order valence-corrected chi connectivity index (χ3v) is 3.87. The zero-order chi connectivity index (χ0) is 17.8. The van der Waals surface area contributed by atoms with Crippen molar-refractivity contribution in [2.24, 2.45) is 0 Å². The molecule has 0 aliphatic carbocycles. The van der Waals surface area contributed by atoms with Crippen LogP contribution >= 0.6 is 0 Å². The van der Waals surface area contributed by atoms with Crippen LogP contribution in [0.2, 0.25) is 0 Å². The van der Waals surface area contributed by atoms with E-state index in [1.807, 2.05) is 25.1 Å². The van der Waals surface area contributed by atoms with E-state index >= 15 is 0 Å². The maximum atomic E-state index is 12.1. The van der Waals surface area contributed by atoms with Crippen LogP contribution in [0.15, 0.2) is 36.5 Å². The lowest BCUT2D eigenvalue weighted by Crippen LogP contribution is -2.23. The summed E-state index contributed by atoms with van der Waals surface area (Å²) in [6.07, 6.45) is 1.69. The first-order valence-corrected chi connectivity index (χ1v) is 7.85. The molecule has 1 aromatic carbocycles. The molecule has 0 aliphatic rings. The number of carbonyl (C=O) groups is 1. The molecule has 0 fully saturated rings. The van der Waals surface area contributed by atoms with Crippen LogP contribution in [0.25, 0.3) is 0 Å². The first-order chi connectivity index (χ1) is 12.0. The van der Waals surface area contributed by atoms with Crippen LogP contribution in [-0.2, 0) is 13.1 Å². The molecular weight excluding hydrogens is 318 g/mol. The second-order valence-corrected chi connectivity index (χ2v) is 5.66. The van der Waals surface area contributed by atoms with E-state index < -0.39 is 0 Å². The number of hydrogen-bond donors (Lipinski definition) is 2. The smallest absolute Gasteiger partial charge is 0.251 e. The lowest BCUT2D eigenvalue weighted by molar-refractivity contribution is 0.0950. The minimum Gasteiger partial charge on any atom is -0.383 e. The molecule has 3 aromatic rings. The maximum Gasteiger partial charge on any atom is 0.251 e. The highest BCUT2D eigenvalue weighted by Crippen LogP contribution is 2.12. The van der Waals surface area contributed by atoms with Gasteiger partial charge in [-0.05, 0) is 26.0 Å². The third kappa shape index (κ3) is 3.79. The fourth-order valence-corrected chi connectivity index (χ4v) is 2.36. The standard InChI is InChI=1S/C17H19N7O/c1-11-15(9-20-17(25)13-6-4-3-5-7-13)22-23-24(11)10-14-8-19-12(2)21-16(14)18/h3-8H,9-10H2,1-2H3,(H,20,25)(H2,18,19,21). The number of rotatable bonds is 5. The lowest BCUT2D eigenvalue weighted by Gasteiger charge is -2.07. The van der Waals surface area contributed by atoms with Crippen molar-refractivity contribution in [2.75, 3.05) is 5.73 Å². The second kappa shape index (κ2) is 7.08. The van der Waals surface area contributed by atoms with Crippen molar-refractivity contribution in [1.82, 2.24) is 30.3 Å². The molecule has 128 valence electrons. The average Bonchev–Trinajstić information content (AvgIpc) is 2.96. The first-order valence-electron chi connectivity index (χ1n) is 7.85. The third-order valence-electron chi connectivity index (χ3n) is 3.87. The summed E-state index contributed by atoms with van der Waals surface area (Å²) in [5, 5.41) is 11.1. The zero-order valence-corrected chi connectivity index (χ0v) is 14.1. The molecule has 2 aromatic heterocycles. The second-order valence-electron chi connectivity index (χ2n) is 5.66. The van der Waals surface area contributed by atoms with Gasteiger partial charge in [-0.3, -0.25) is 4.79 Å². The van der Waals surface area contributed by atoms with Gasteiger partial charge >= 0.3 is 0 Å². The maximum absolute atomic E-state index is 12.1. The summed E-state index contributed by atoms with van der Waals surface area (Å²) < 4.78 is 1.72. The number of amides is 1.